The Hall–Kier alpha value is -1.92. The molecule has 6 nitrogen and oxygen atoms in total. The molecular weight excluding hydrogens is 298 g/mol. The first-order valence-electron chi connectivity index (χ1n) is 7.46. The molecule has 0 heterocycles. The summed E-state index contributed by atoms with van der Waals surface area (Å²) in [5, 5.41) is 2.59. The highest BCUT2D eigenvalue weighted by atomic mass is 16.7. The fraction of sp³-hybridized carbons (Fsp3) is 0.529. The van der Waals surface area contributed by atoms with Crippen LogP contribution in [-0.4, -0.2) is 37.9 Å². The van der Waals surface area contributed by atoms with Crippen LogP contribution in [-0.2, 0) is 25.6 Å². The molecule has 1 aromatic rings. The minimum absolute atomic E-state index is 0.117. The van der Waals surface area contributed by atoms with Crippen molar-refractivity contribution in [3.8, 4) is 0 Å². The largest absolute Gasteiger partial charge is 0.445 e. The molecule has 0 aliphatic heterocycles. The Morgan fingerprint density at radius 1 is 1.13 bits per heavy atom. The van der Waals surface area contributed by atoms with Gasteiger partial charge in [0.05, 0.1) is 5.54 Å². The van der Waals surface area contributed by atoms with Crippen LogP contribution in [0.2, 0.25) is 0 Å². The summed E-state index contributed by atoms with van der Waals surface area (Å²) >= 11 is 0. The monoisotopic (exact) mass is 323 g/mol. The standard InChI is InChI=1S/C17H25NO5/c1-17(2,14(19)10-11-15(21-3)22-4)18-16(20)23-12-13-8-6-5-7-9-13/h5-9,15H,10-12H2,1-4H3,(H,18,20). The first-order chi connectivity index (χ1) is 10.9. The van der Waals surface area contributed by atoms with Crippen molar-refractivity contribution in [3.05, 3.63) is 35.9 Å². The lowest BCUT2D eigenvalue weighted by atomic mass is 9.95. The zero-order valence-corrected chi connectivity index (χ0v) is 14.1. The molecule has 128 valence electrons. The van der Waals surface area contributed by atoms with Gasteiger partial charge in [-0.15, -0.1) is 0 Å². The third kappa shape index (κ3) is 6.80. The molecule has 0 spiro atoms. The summed E-state index contributed by atoms with van der Waals surface area (Å²) in [7, 11) is 3.03. The number of benzene rings is 1. The van der Waals surface area contributed by atoms with E-state index < -0.39 is 17.9 Å². The summed E-state index contributed by atoms with van der Waals surface area (Å²) in [5.74, 6) is -0.117. The van der Waals surface area contributed by atoms with Crippen LogP contribution in [0.25, 0.3) is 0 Å². The topological polar surface area (TPSA) is 73.9 Å². The first-order valence-corrected chi connectivity index (χ1v) is 7.46. The van der Waals surface area contributed by atoms with Crippen LogP contribution >= 0.6 is 0 Å². The summed E-state index contributed by atoms with van der Waals surface area (Å²) in [4.78, 5) is 24.1. The lowest BCUT2D eigenvalue weighted by Gasteiger charge is -2.25. The van der Waals surface area contributed by atoms with Crippen molar-refractivity contribution in [2.24, 2.45) is 0 Å². The van der Waals surface area contributed by atoms with Crippen molar-refractivity contribution in [1.29, 1.82) is 0 Å². The highest BCUT2D eigenvalue weighted by Gasteiger charge is 2.30. The predicted octanol–water partition coefficient (Wildman–Crippen LogP) is 2.66. The normalized spacial score (nSPS) is 11.3. The van der Waals surface area contributed by atoms with Crippen LogP contribution in [0.5, 0.6) is 0 Å². The first kappa shape index (κ1) is 19.1. The molecule has 0 bridgehead atoms. The molecule has 0 unspecified atom stereocenters. The molecule has 0 aliphatic carbocycles. The average Bonchev–Trinajstić information content (AvgIpc) is 2.54. The molecule has 0 saturated heterocycles. The molecule has 1 aromatic carbocycles. The second-order valence-electron chi connectivity index (χ2n) is 5.67. The van der Waals surface area contributed by atoms with E-state index in [0.717, 1.165) is 5.56 Å². The van der Waals surface area contributed by atoms with E-state index in [9.17, 15) is 9.59 Å². The minimum atomic E-state index is -1.01. The Bertz CT molecular complexity index is 497. The number of Topliss-reactive ketones (excluding diaryl/α,β-unsaturated/α-hetero) is 1. The van der Waals surface area contributed by atoms with E-state index >= 15 is 0 Å². The van der Waals surface area contributed by atoms with Gasteiger partial charge in [-0.05, 0) is 19.4 Å². The molecular formula is C17H25NO5. The van der Waals surface area contributed by atoms with E-state index in [2.05, 4.69) is 5.32 Å². The third-order valence-corrected chi connectivity index (χ3v) is 3.46. The Balaban J connectivity index is 2.43. The number of rotatable bonds is 9. The number of hydrogen-bond donors (Lipinski definition) is 1. The van der Waals surface area contributed by atoms with Crippen molar-refractivity contribution >= 4 is 11.9 Å². The highest BCUT2D eigenvalue weighted by molar-refractivity contribution is 5.90. The van der Waals surface area contributed by atoms with Gasteiger partial charge in [-0.3, -0.25) is 4.79 Å². The molecule has 0 fully saturated rings. The van der Waals surface area contributed by atoms with Gasteiger partial charge in [0.2, 0.25) is 0 Å². The average molecular weight is 323 g/mol. The van der Waals surface area contributed by atoms with Gasteiger partial charge in [-0.1, -0.05) is 30.3 Å². The summed E-state index contributed by atoms with van der Waals surface area (Å²) in [6.45, 7) is 3.45. The van der Waals surface area contributed by atoms with Gasteiger partial charge < -0.3 is 19.5 Å². The summed E-state index contributed by atoms with van der Waals surface area (Å²) in [5.41, 5.74) is -0.130. The number of alkyl carbamates (subject to hydrolysis) is 1. The van der Waals surface area contributed by atoms with Crippen molar-refractivity contribution in [1.82, 2.24) is 5.32 Å². The van der Waals surface area contributed by atoms with E-state index in [0.29, 0.717) is 6.42 Å². The molecule has 0 radical (unpaired) electrons. The Morgan fingerprint density at radius 2 is 1.74 bits per heavy atom. The van der Waals surface area contributed by atoms with Crippen molar-refractivity contribution in [2.75, 3.05) is 14.2 Å². The Labute approximate surface area is 137 Å². The number of carbonyl (C=O) groups is 2. The van der Waals surface area contributed by atoms with Gasteiger partial charge in [0.25, 0.3) is 0 Å². The Kier molecular flexibility index (Phi) is 7.71. The summed E-state index contributed by atoms with van der Waals surface area (Å²) in [6, 6.07) is 9.34. The van der Waals surface area contributed by atoms with Gasteiger partial charge in [0.1, 0.15) is 6.61 Å². The number of carbonyl (C=O) groups excluding carboxylic acids is 2. The number of nitrogens with one attached hydrogen (secondary N) is 1. The smallest absolute Gasteiger partial charge is 0.408 e. The molecule has 0 atom stereocenters. The van der Waals surface area contributed by atoms with Crippen molar-refractivity contribution in [2.45, 2.75) is 45.1 Å². The van der Waals surface area contributed by atoms with Gasteiger partial charge in [0.15, 0.2) is 12.1 Å². The third-order valence-electron chi connectivity index (χ3n) is 3.46. The number of amides is 1. The maximum Gasteiger partial charge on any atom is 0.408 e. The van der Waals surface area contributed by atoms with Crippen molar-refractivity contribution in [3.63, 3.8) is 0 Å². The van der Waals surface area contributed by atoms with Gasteiger partial charge in [-0.2, -0.15) is 0 Å². The van der Waals surface area contributed by atoms with Crippen LogP contribution in [0.1, 0.15) is 32.3 Å². The van der Waals surface area contributed by atoms with Crippen LogP contribution in [0.3, 0.4) is 0 Å². The van der Waals surface area contributed by atoms with Gasteiger partial charge >= 0.3 is 6.09 Å². The van der Waals surface area contributed by atoms with Crippen LogP contribution in [0, 0.1) is 0 Å². The molecule has 1 amide bonds. The van der Waals surface area contributed by atoms with E-state index in [1.54, 1.807) is 13.8 Å². The fourth-order valence-electron chi connectivity index (χ4n) is 1.98. The van der Waals surface area contributed by atoms with Crippen LogP contribution in [0.15, 0.2) is 30.3 Å². The fourth-order valence-corrected chi connectivity index (χ4v) is 1.98. The highest BCUT2D eigenvalue weighted by Crippen LogP contribution is 2.12. The molecule has 0 aromatic heterocycles. The number of hydrogen-bond acceptors (Lipinski definition) is 5. The maximum absolute atomic E-state index is 12.2. The molecule has 0 saturated carbocycles. The molecule has 1 rings (SSSR count). The van der Waals surface area contributed by atoms with E-state index in [1.165, 1.54) is 14.2 Å². The van der Waals surface area contributed by atoms with Gasteiger partial charge in [-0.25, -0.2) is 4.79 Å². The summed E-state index contributed by atoms with van der Waals surface area (Å²) in [6.07, 6.45) is -0.393. The predicted molar refractivity (Wildman–Crippen MR) is 85.9 cm³/mol. The van der Waals surface area contributed by atoms with Gasteiger partial charge in [0, 0.05) is 27.1 Å². The van der Waals surface area contributed by atoms with E-state index in [1.807, 2.05) is 30.3 Å². The van der Waals surface area contributed by atoms with Crippen molar-refractivity contribution < 1.29 is 23.8 Å². The van der Waals surface area contributed by atoms with E-state index in [4.69, 9.17) is 14.2 Å². The molecule has 6 heteroatoms. The Morgan fingerprint density at radius 3 is 2.30 bits per heavy atom. The second-order valence-corrected chi connectivity index (χ2v) is 5.67. The molecule has 1 N–H and O–H groups in total. The maximum atomic E-state index is 12.2. The molecule has 23 heavy (non-hydrogen) atoms. The van der Waals surface area contributed by atoms with Crippen LogP contribution < -0.4 is 5.32 Å². The number of ketones is 1. The summed E-state index contributed by atoms with van der Waals surface area (Å²) < 4.78 is 15.2. The van der Waals surface area contributed by atoms with Crippen LogP contribution in [0.4, 0.5) is 4.79 Å². The minimum Gasteiger partial charge on any atom is -0.445 e. The quantitative estimate of drug-likeness (QED) is 0.707. The molecule has 0 aliphatic rings. The number of methoxy groups -OCH3 is 2. The zero-order valence-electron chi connectivity index (χ0n) is 14.1. The lowest BCUT2D eigenvalue weighted by molar-refractivity contribution is -0.131. The second kappa shape index (κ2) is 9.27. The SMILES string of the molecule is COC(CCC(=O)C(C)(C)NC(=O)OCc1ccccc1)OC. The number of ether oxygens (including phenoxy) is 3. The lowest BCUT2D eigenvalue weighted by Crippen LogP contribution is -2.50. The van der Waals surface area contributed by atoms with E-state index in [-0.39, 0.29) is 18.8 Å². The zero-order chi connectivity index (χ0) is 17.3.